The van der Waals surface area contributed by atoms with Crippen LogP contribution < -0.4 is 10.6 Å². The smallest absolute Gasteiger partial charge is 0.251 e. The molecule has 6 heteroatoms. The van der Waals surface area contributed by atoms with Gasteiger partial charge in [0, 0.05) is 31.3 Å². The fourth-order valence-electron chi connectivity index (χ4n) is 3.19. The van der Waals surface area contributed by atoms with Crippen LogP contribution in [0.4, 0.5) is 5.69 Å². The molecule has 0 heterocycles. The Kier molecular flexibility index (Phi) is 7.97. The van der Waals surface area contributed by atoms with E-state index < -0.39 is 0 Å². The molecule has 0 aliphatic rings. The van der Waals surface area contributed by atoms with Crippen molar-refractivity contribution in [2.24, 2.45) is 0 Å². The second kappa shape index (κ2) is 10.2. The third-order valence-electron chi connectivity index (χ3n) is 5.19. The zero-order valence-electron chi connectivity index (χ0n) is 19.3. The number of nitrogens with zero attached hydrogens (tertiary/aromatic N) is 1. The number of carbonyl (C=O) groups excluding carboxylic acids is 3. The number of hydrogen-bond donors (Lipinski definition) is 2. The van der Waals surface area contributed by atoms with Gasteiger partial charge in [-0.15, -0.1) is 0 Å². The molecule has 2 N–H and O–H groups in total. The highest BCUT2D eigenvalue weighted by Crippen LogP contribution is 2.22. The van der Waals surface area contributed by atoms with Crippen molar-refractivity contribution in [3.63, 3.8) is 0 Å². The van der Waals surface area contributed by atoms with Crippen molar-refractivity contribution in [2.75, 3.05) is 25.5 Å². The average molecular weight is 424 g/mol. The number of para-hydroxylation sites is 1. The quantitative estimate of drug-likeness (QED) is 0.711. The molecule has 2 aromatic carbocycles. The van der Waals surface area contributed by atoms with Crippen molar-refractivity contribution < 1.29 is 14.4 Å². The molecule has 31 heavy (non-hydrogen) atoms. The lowest BCUT2D eigenvalue weighted by atomic mass is 9.87. The van der Waals surface area contributed by atoms with Crippen LogP contribution in [0.15, 0.2) is 42.5 Å². The van der Waals surface area contributed by atoms with Gasteiger partial charge < -0.3 is 15.5 Å². The summed E-state index contributed by atoms with van der Waals surface area (Å²) in [4.78, 5) is 38.3. The Balaban J connectivity index is 1.80. The van der Waals surface area contributed by atoms with Crippen LogP contribution in [0.3, 0.4) is 0 Å². The van der Waals surface area contributed by atoms with E-state index >= 15 is 0 Å². The van der Waals surface area contributed by atoms with Gasteiger partial charge in [-0.25, -0.2) is 0 Å². The largest absolute Gasteiger partial charge is 0.352 e. The normalized spacial score (nSPS) is 11.0. The highest BCUT2D eigenvalue weighted by molar-refractivity contribution is 5.96. The Morgan fingerprint density at radius 1 is 0.935 bits per heavy atom. The van der Waals surface area contributed by atoms with E-state index in [1.54, 1.807) is 19.2 Å². The first-order chi connectivity index (χ1) is 14.5. The van der Waals surface area contributed by atoms with Gasteiger partial charge in [0.1, 0.15) is 0 Å². The fourth-order valence-corrected chi connectivity index (χ4v) is 3.19. The maximum Gasteiger partial charge on any atom is 0.251 e. The summed E-state index contributed by atoms with van der Waals surface area (Å²) in [5, 5.41) is 5.64. The molecule has 0 aliphatic heterocycles. The van der Waals surface area contributed by atoms with E-state index in [1.165, 1.54) is 4.90 Å². The van der Waals surface area contributed by atoms with Crippen LogP contribution >= 0.6 is 0 Å². The summed E-state index contributed by atoms with van der Waals surface area (Å²) in [6.45, 7) is 10.4. The number of hydrogen-bond acceptors (Lipinski definition) is 3. The van der Waals surface area contributed by atoms with E-state index in [4.69, 9.17) is 0 Å². The van der Waals surface area contributed by atoms with Crippen molar-refractivity contribution >= 4 is 23.4 Å². The van der Waals surface area contributed by atoms with Crippen molar-refractivity contribution in [2.45, 2.75) is 46.5 Å². The van der Waals surface area contributed by atoms with Crippen LogP contribution in [0, 0.1) is 13.8 Å². The molecule has 2 aromatic rings. The summed E-state index contributed by atoms with van der Waals surface area (Å²) >= 11 is 0. The summed E-state index contributed by atoms with van der Waals surface area (Å²) in [5.41, 5.74) is 4.46. The van der Waals surface area contributed by atoms with Crippen LogP contribution in [0.1, 0.15) is 54.2 Å². The summed E-state index contributed by atoms with van der Waals surface area (Å²) in [7, 11) is 1.58. The second-order valence-corrected chi connectivity index (χ2v) is 8.90. The molecule has 3 amide bonds. The van der Waals surface area contributed by atoms with Gasteiger partial charge in [0.15, 0.2) is 0 Å². The topological polar surface area (TPSA) is 78.5 Å². The third-order valence-corrected chi connectivity index (χ3v) is 5.19. The van der Waals surface area contributed by atoms with Crippen molar-refractivity contribution in [1.82, 2.24) is 10.2 Å². The molecule has 0 fully saturated rings. The Labute approximate surface area is 185 Å². The highest BCUT2D eigenvalue weighted by atomic mass is 16.2. The molecule has 166 valence electrons. The predicted octanol–water partition coefficient (Wildman–Crippen LogP) is 3.82. The van der Waals surface area contributed by atoms with E-state index in [9.17, 15) is 14.4 Å². The predicted molar refractivity (Wildman–Crippen MR) is 124 cm³/mol. The molecule has 0 saturated carbocycles. The van der Waals surface area contributed by atoms with Crippen molar-refractivity contribution in [3.8, 4) is 0 Å². The number of carbonyl (C=O) groups is 3. The lowest BCUT2D eigenvalue weighted by Gasteiger charge is -2.19. The number of amides is 3. The standard InChI is InChI=1S/C25H33N3O3/c1-17-8-7-9-18(2)23(17)27-21(29)16-28(6)22(30)14-15-26-24(31)19-10-12-20(13-11-19)25(3,4)5/h7-13H,14-16H2,1-6H3,(H,26,31)(H,27,29). The van der Waals surface area contributed by atoms with E-state index in [0.29, 0.717) is 5.56 Å². The number of likely N-dealkylation sites (N-methyl/N-ethyl adjacent to an activating group) is 1. The highest BCUT2D eigenvalue weighted by Gasteiger charge is 2.16. The second-order valence-electron chi connectivity index (χ2n) is 8.90. The average Bonchev–Trinajstić information content (AvgIpc) is 2.70. The lowest BCUT2D eigenvalue weighted by Crippen LogP contribution is -2.37. The first-order valence-electron chi connectivity index (χ1n) is 10.5. The SMILES string of the molecule is Cc1cccc(C)c1NC(=O)CN(C)C(=O)CCNC(=O)c1ccc(C(C)(C)C)cc1. The molecule has 0 aliphatic carbocycles. The van der Waals surface area contributed by atoms with E-state index in [-0.39, 0.29) is 42.6 Å². The lowest BCUT2D eigenvalue weighted by molar-refractivity contribution is -0.133. The van der Waals surface area contributed by atoms with Gasteiger partial charge in [-0.05, 0) is 48.1 Å². The van der Waals surface area contributed by atoms with Gasteiger partial charge in [-0.2, -0.15) is 0 Å². The zero-order valence-corrected chi connectivity index (χ0v) is 19.3. The number of nitrogens with one attached hydrogen (secondary N) is 2. The van der Waals surface area contributed by atoms with Crippen molar-refractivity contribution in [3.05, 3.63) is 64.7 Å². The molecule has 0 saturated heterocycles. The Hall–Kier alpha value is -3.15. The van der Waals surface area contributed by atoms with Crippen LogP contribution in [-0.4, -0.2) is 42.8 Å². The molecule has 2 rings (SSSR count). The first-order valence-corrected chi connectivity index (χ1v) is 10.5. The minimum atomic E-state index is -0.253. The van der Waals surface area contributed by atoms with Gasteiger partial charge in [0.2, 0.25) is 11.8 Å². The first kappa shape index (κ1) is 24.1. The zero-order chi connectivity index (χ0) is 23.2. The summed E-state index contributed by atoms with van der Waals surface area (Å²) in [6.07, 6.45) is 0.124. The molecule has 0 unspecified atom stereocenters. The van der Waals surface area contributed by atoms with Crippen LogP contribution in [-0.2, 0) is 15.0 Å². The van der Waals surface area contributed by atoms with Crippen LogP contribution in [0.25, 0.3) is 0 Å². The molecular weight excluding hydrogens is 390 g/mol. The monoisotopic (exact) mass is 423 g/mol. The van der Waals surface area contributed by atoms with Crippen LogP contribution in [0.2, 0.25) is 0 Å². The van der Waals surface area contributed by atoms with E-state index in [0.717, 1.165) is 22.4 Å². The Bertz CT molecular complexity index is 923. The number of anilines is 1. The Morgan fingerprint density at radius 3 is 2.06 bits per heavy atom. The van der Waals surface area contributed by atoms with Gasteiger partial charge in [-0.3, -0.25) is 14.4 Å². The molecule has 0 aromatic heterocycles. The molecule has 0 atom stereocenters. The van der Waals surface area contributed by atoms with Gasteiger partial charge in [0.05, 0.1) is 6.54 Å². The van der Waals surface area contributed by atoms with Gasteiger partial charge in [0.25, 0.3) is 5.91 Å². The van der Waals surface area contributed by atoms with E-state index in [1.807, 2.05) is 44.2 Å². The third kappa shape index (κ3) is 6.95. The molecule has 6 nitrogen and oxygen atoms in total. The molecule has 0 spiro atoms. The summed E-state index contributed by atoms with van der Waals surface area (Å²) in [6, 6.07) is 13.3. The fraction of sp³-hybridized carbons (Fsp3) is 0.400. The summed E-state index contributed by atoms with van der Waals surface area (Å²) < 4.78 is 0. The molecule has 0 bridgehead atoms. The Morgan fingerprint density at radius 2 is 1.52 bits per heavy atom. The maximum absolute atomic E-state index is 12.3. The van der Waals surface area contributed by atoms with E-state index in [2.05, 4.69) is 31.4 Å². The van der Waals surface area contributed by atoms with Crippen LogP contribution in [0.5, 0.6) is 0 Å². The van der Waals surface area contributed by atoms with Gasteiger partial charge >= 0.3 is 0 Å². The molecule has 0 radical (unpaired) electrons. The van der Waals surface area contributed by atoms with Crippen molar-refractivity contribution in [1.29, 1.82) is 0 Å². The maximum atomic E-state index is 12.3. The molecular formula is C25H33N3O3. The number of benzene rings is 2. The number of rotatable bonds is 7. The minimum absolute atomic E-state index is 0.0240. The summed E-state index contributed by atoms with van der Waals surface area (Å²) in [5.74, 6) is -0.681. The number of aryl methyl sites for hydroxylation is 2. The van der Waals surface area contributed by atoms with Gasteiger partial charge in [-0.1, -0.05) is 51.1 Å². The minimum Gasteiger partial charge on any atom is -0.352 e.